The van der Waals surface area contributed by atoms with Crippen LogP contribution in [0.5, 0.6) is 0 Å². The Morgan fingerprint density at radius 1 is 1.07 bits per heavy atom. The molecule has 0 unspecified atom stereocenters. The third kappa shape index (κ3) is 2.28. The maximum Gasteiger partial charge on any atom is 0.337 e. The first-order valence-electron chi connectivity index (χ1n) is 4.38. The molecule has 0 spiro atoms. The lowest BCUT2D eigenvalue weighted by Gasteiger charge is -2.01. The second-order valence-electron chi connectivity index (χ2n) is 3.05. The number of carbonyl (C=O) groups excluding carboxylic acids is 1. The van der Waals surface area contributed by atoms with Crippen LogP contribution in [0.25, 0.3) is 10.8 Å². The van der Waals surface area contributed by atoms with E-state index in [2.05, 4.69) is 4.74 Å². The molecule has 0 aliphatic heterocycles. The van der Waals surface area contributed by atoms with Crippen molar-refractivity contribution < 1.29 is 9.53 Å². The van der Waals surface area contributed by atoms with Crippen LogP contribution in [-0.4, -0.2) is 13.1 Å². The standard InChI is InChI=1S/C12H10O2.ClH/c1-14-12(13)11-7-6-9-4-2-3-5-10(9)8-11;/h2-8H,1H3;1H. The van der Waals surface area contributed by atoms with E-state index in [0.29, 0.717) is 5.56 Å². The van der Waals surface area contributed by atoms with Gasteiger partial charge in [0.15, 0.2) is 0 Å². The van der Waals surface area contributed by atoms with E-state index in [1.54, 1.807) is 6.07 Å². The van der Waals surface area contributed by atoms with Gasteiger partial charge in [0.25, 0.3) is 0 Å². The number of methoxy groups -OCH3 is 1. The monoisotopic (exact) mass is 222 g/mol. The Morgan fingerprint density at radius 3 is 2.40 bits per heavy atom. The van der Waals surface area contributed by atoms with Crippen LogP contribution in [0, 0.1) is 0 Å². The van der Waals surface area contributed by atoms with Crippen molar-refractivity contribution in [3.63, 3.8) is 0 Å². The summed E-state index contributed by atoms with van der Waals surface area (Å²) in [4.78, 5) is 11.2. The van der Waals surface area contributed by atoms with Crippen LogP contribution >= 0.6 is 12.4 Å². The number of hydrogen-bond donors (Lipinski definition) is 0. The van der Waals surface area contributed by atoms with Gasteiger partial charge < -0.3 is 4.74 Å². The lowest BCUT2D eigenvalue weighted by molar-refractivity contribution is 0.0601. The van der Waals surface area contributed by atoms with Crippen LogP contribution in [0.1, 0.15) is 10.4 Å². The van der Waals surface area contributed by atoms with Crippen LogP contribution in [0.3, 0.4) is 0 Å². The van der Waals surface area contributed by atoms with Crippen LogP contribution in [0.2, 0.25) is 0 Å². The van der Waals surface area contributed by atoms with Gasteiger partial charge in [-0.3, -0.25) is 0 Å². The van der Waals surface area contributed by atoms with Crippen molar-refractivity contribution in [2.24, 2.45) is 0 Å². The number of fused-ring (bicyclic) bond motifs is 1. The van der Waals surface area contributed by atoms with E-state index in [4.69, 9.17) is 0 Å². The molecule has 2 nitrogen and oxygen atoms in total. The van der Waals surface area contributed by atoms with Crippen molar-refractivity contribution in [1.82, 2.24) is 0 Å². The summed E-state index contributed by atoms with van der Waals surface area (Å²) in [6, 6.07) is 13.4. The minimum Gasteiger partial charge on any atom is -0.465 e. The highest BCUT2D eigenvalue weighted by Crippen LogP contribution is 2.15. The molecule has 0 N–H and O–H groups in total. The number of hydrogen-bond acceptors (Lipinski definition) is 2. The molecular weight excluding hydrogens is 212 g/mol. The van der Waals surface area contributed by atoms with E-state index in [1.165, 1.54) is 7.11 Å². The van der Waals surface area contributed by atoms with Crippen molar-refractivity contribution in [2.75, 3.05) is 7.11 Å². The highest BCUT2D eigenvalue weighted by atomic mass is 35.5. The third-order valence-corrected chi connectivity index (χ3v) is 2.17. The molecule has 0 aliphatic carbocycles. The summed E-state index contributed by atoms with van der Waals surface area (Å²) in [5.41, 5.74) is 0.589. The zero-order valence-electron chi connectivity index (χ0n) is 8.27. The predicted molar refractivity (Wildman–Crippen MR) is 62.5 cm³/mol. The molecule has 2 aromatic rings. The molecule has 0 saturated heterocycles. The Morgan fingerprint density at radius 2 is 1.73 bits per heavy atom. The minimum absolute atomic E-state index is 0. The van der Waals surface area contributed by atoms with Gasteiger partial charge in [0.2, 0.25) is 0 Å². The summed E-state index contributed by atoms with van der Waals surface area (Å²) in [5.74, 6) is -0.296. The van der Waals surface area contributed by atoms with Gasteiger partial charge >= 0.3 is 5.97 Å². The van der Waals surface area contributed by atoms with Crippen LogP contribution in [0.4, 0.5) is 0 Å². The number of benzene rings is 2. The molecule has 0 bridgehead atoms. The van der Waals surface area contributed by atoms with E-state index < -0.39 is 0 Å². The second kappa shape index (κ2) is 4.80. The lowest BCUT2D eigenvalue weighted by atomic mass is 10.1. The van der Waals surface area contributed by atoms with E-state index in [1.807, 2.05) is 36.4 Å². The number of carbonyl (C=O) groups is 1. The van der Waals surface area contributed by atoms with Crippen LogP contribution in [0.15, 0.2) is 42.5 Å². The minimum atomic E-state index is -0.296. The first-order chi connectivity index (χ1) is 6.81. The number of rotatable bonds is 1. The molecule has 0 radical (unpaired) electrons. The van der Waals surface area contributed by atoms with Gasteiger partial charge in [0, 0.05) is 0 Å². The Labute approximate surface area is 94.3 Å². The van der Waals surface area contributed by atoms with Crippen LogP contribution < -0.4 is 0 Å². The summed E-state index contributed by atoms with van der Waals surface area (Å²) in [6.45, 7) is 0. The molecule has 0 heterocycles. The summed E-state index contributed by atoms with van der Waals surface area (Å²) in [7, 11) is 1.39. The fourth-order valence-electron chi connectivity index (χ4n) is 1.43. The topological polar surface area (TPSA) is 26.3 Å². The van der Waals surface area contributed by atoms with E-state index in [-0.39, 0.29) is 18.4 Å². The first kappa shape index (κ1) is 11.5. The highest BCUT2D eigenvalue weighted by molar-refractivity contribution is 5.95. The maximum absolute atomic E-state index is 11.2. The van der Waals surface area contributed by atoms with Crippen LogP contribution in [-0.2, 0) is 4.74 Å². The summed E-state index contributed by atoms with van der Waals surface area (Å²) < 4.78 is 4.65. The lowest BCUT2D eigenvalue weighted by Crippen LogP contribution is -2.00. The molecule has 2 aromatic carbocycles. The predicted octanol–water partition coefficient (Wildman–Crippen LogP) is 3.05. The number of esters is 1. The maximum atomic E-state index is 11.2. The summed E-state index contributed by atoms with van der Waals surface area (Å²) in [5, 5.41) is 2.18. The fourth-order valence-corrected chi connectivity index (χ4v) is 1.43. The average molecular weight is 223 g/mol. The molecule has 0 saturated carbocycles. The molecule has 0 aromatic heterocycles. The number of halogens is 1. The molecule has 0 aliphatic rings. The second-order valence-corrected chi connectivity index (χ2v) is 3.05. The smallest absolute Gasteiger partial charge is 0.337 e. The average Bonchev–Trinajstić information content (AvgIpc) is 2.27. The van der Waals surface area contributed by atoms with Gasteiger partial charge in [-0.1, -0.05) is 30.3 Å². The van der Waals surface area contributed by atoms with Gasteiger partial charge in [0.1, 0.15) is 0 Å². The molecular formula is C12H11ClO2. The van der Waals surface area contributed by atoms with Gasteiger partial charge in [-0.25, -0.2) is 4.79 Å². The highest BCUT2D eigenvalue weighted by Gasteiger charge is 2.04. The van der Waals surface area contributed by atoms with Gasteiger partial charge in [0.05, 0.1) is 12.7 Å². The molecule has 0 atom stereocenters. The van der Waals surface area contributed by atoms with Crippen molar-refractivity contribution in [3.05, 3.63) is 48.0 Å². The van der Waals surface area contributed by atoms with Crippen molar-refractivity contribution in [1.29, 1.82) is 0 Å². The van der Waals surface area contributed by atoms with Crippen molar-refractivity contribution in [3.8, 4) is 0 Å². The normalized spacial score (nSPS) is 9.40. The summed E-state index contributed by atoms with van der Waals surface area (Å²) in [6.07, 6.45) is 0. The number of ether oxygens (including phenoxy) is 1. The molecule has 2 rings (SSSR count). The zero-order chi connectivity index (χ0) is 9.97. The van der Waals surface area contributed by atoms with E-state index >= 15 is 0 Å². The molecule has 78 valence electrons. The Hall–Kier alpha value is -1.54. The van der Waals surface area contributed by atoms with E-state index in [9.17, 15) is 4.79 Å². The first-order valence-corrected chi connectivity index (χ1v) is 4.38. The molecule has 0 amide bonds. The SMILES string of the molecule is COC(=O)c1ccc2ccccc2c1.Cl. The Bertz CT molecular complexity index is 480. The largest absolute Gasteiger partial charge is 0.465 e. The van der Waals surface area contributed by atoms with Gasteiger partial charge in [-0.05, 0) is 22.9 Å². The van der Waals surface area contributed by atoms with Gasteiger partial charge in [-0.15, -0.1) is 12.4 Å². The third-order valence-electron chi connectivity index (χ3n) is 2.17. The molecule has 3 heteroatoms. The molecule has 15 heavy (non-hydrogen) atoms. The fraction of sp³-hybridized carbons (Fsp3) is 0.0833. The summed E-state index contributed by atoms with van der Waals surface area (Å²) >= 11 is 0. The zero-order valence-corrected chi connectivity index (χ0v) is 9.08. The van der Waals surface area contributed by atoms with E-state index in [0.717, 1.165) is 10.8 Å². The molecule has 0 fully saturated rings. The Balaban J connectivity index is 0.00000112. The Kier molecular flexibility index (Phi) is 3.69. The van der Waals surface area contributed by atoms with Crippen molar-refractivity contribution >= 4 is 29.1 Å². The quantitative estimate of drug-likeness (QED) is 0.694. The van der Waals surface area contributed by atoms with Crippen molar-refractivity contribution in [2.45, 2.75) is 0 Å². The van der Waals surface area contributed by atoms with Gasteiger partial charge in [-0.2, -0.15) is 0 Å².